The predicted molar refractivity (Wildman–Crippen MR) is 79.7 cm³/mol. The van der Waals surface area contributed by atoms with Gasteiger partial charge in [0.25, 0.3) is 0 Å². The minimum absolute atomic E-state index is 0.370. The molecule has 0 unspecified atom stereocenters. The molecule has 2 rings (SSSR count). The number of hydrogen-bond donors (Lipinski definition) is 1. The van der Waals surface area contributed by atoms with Crippen molar-refractivity contribution in [3.63, 3.8) is 0 Å². The fourth-order valence-corrected chi connectivity index (χ4v) is 2.79. The number of benzene rings is 1. The van der Waals surface area contributed by atoms with Crippen molar-refractivity contribution >= 4 is 0 Å². The molecule has 1 atom stereocenters. The summed E-state index contributed by atoms with van der Waals surface area (Å²) in [5, 5.41) is 0. The van der Waals surface area contributed by atoms with E-state index in [2.05, 4.69) is 36.9 Å². The SMILES string of the molecule is Cc1cc(C)cc(OCCCN2CCC[C@@H](N)C2)c1. The van der Waals surface area contributed by atoms with E-state index in [0.717, 1.165) is 31.9 Å². The lowest BCUT2D eigenvalue weighted by atomic mass is 10.1. The Bertz CT molecular complexity index is 385. The van der Waals surface area contributed by atoms with Crippen LogP contribution in [0, 0.1) is 13.8 Å². The predicted octanol–water partition coefficient (Wildman–Crippen LogP) is 2.50. The van der Waals surface area contributed by atoms with E-state index in [-0.39, 0.29) is 0 Å². The van der Waals surface area contributed by atoms with Crippen LogP contribution in [-0.4, -0.2) is 37.2 Å². The van der Waals surface area contributed by atoms with Crippen LogP contribution in [0.3, 0.4) is 0 Å². The normalized spacial score (nSPS) is 20.5. The summed E-state index contributed by atoms with van der Waals surface area (Å²) in [6.07, 6.45) is 3.48. The van der Waals surface area contributed by atoms with Crippen molar-refractivity contribution in [3.8, 4) is 5.75 Å². The van der Waals surface area contributed by atoms with Crippen molar-refractivity contribution in [2.75, 3.05) is 26.2 Å². The molecule has 2 N–H and O–H groups in total. The monoisotopic (exact) mass is 262 g/mol. The van der Waals surface area contributed by atoms with Gasteiger partial charge >= 0.3 is 0 Å². The Hall–Kier alpha value is -1.06. The first-order valence-corrected chi connectivity index (χ1v) is 7.32. The van der Waals surface area contributed by atoms with Gasteiger partial charge in [-0.2, -0.15) is 0 Å². The molecule has 1 aromatic carbocycles. The van der Waals surface area contributed by atoms with Crippen molar-refractivity contribution in [2.45, 2.75) is 39.2 Å². The van der Waals surface area contributed by atoms with Gasteiger partial charge in [0.2, 0.25) is 0 Å². The van der Waals surface area contributed by atoms with E-state index in [1.807, 2.05) is 0 Å². The topological polar surface area (TPSA) is 38.5 Å². The maximum Gasteiger partial charge on any atom is 0.119 e. The fourth-order valence-electron chi connectivity index (χ4n) is 2.79. The molecule has 1 aromatic rings. The van der Waals surface area contributed by atoms with Gasteiger partial charge in [0.05, 0.1) is 6.61 Å². The summed E-state index contributed by atoms with van der Waals surface area (Å²) >= 11 is 0. The molecule has 19 heavy (non-hydrogen) atoms. The summed E-state index contributed by atoms with van der Waals surface area (Å²) in [4.78, 5) is 2.46. The zero-order chi connectivity index (χ0) is 13.7. The van der Waals surface area contributed by atoms with Crippen molar-refractivity contribution < 1.29 is 4.74 Å². The van der Waals surface area contributed by atoms with Gasteiger partial charge in [-0.25, -0.2) is 0 Å². The molecule has 1 heterocycles. The van der Waals surface area contributed by atoms with E-state index >= 15 is 0 Å². The third-order valence-electron chi connectivity index (χ3n) is 3.62. The number of ether oxygens (including phenoxy) is 1. The lowest BCUT2D eigenvalue weighted by molar-refractivity contribution is 0.190. The van der Waals surface area contributed by atoms with Gasteiger partial charge < -0.3 is 15.4 Å². The first-order valence-electron chi connectivity index (χ1n) is 7.32. The Morgan fingerprint density at radius 2 is 2.00 bits per heavy atom. The molecule has 3 heteroatoms. The summed E-state index contributed by atoms with van der Waals surface area (Å²) in [5.41, 5.74) is 8.50. The summed E-state index contributed by atoms with van der Waals surface area (Å²) in [5.74, 6) is 0.993. The number of likely N-dealkylation sites (tertiary alicyclic amines) is 1. The lowest BCUT2D eigenvalue weighted by Gasteiger charge is -2.30. The number of rotatable bonds is 5. The van der Waals surface area contributed by atoms with Crippen LogP contribution in [0.15, 0.2) is 18.2 Å². The number of aryl methyl sites for hydroxylation is 2. The maximum atomic E-state index is 5.98. The van der Waals surface area contributed by atoms with Gasteiger partial charge in [-0.15, -0.1) is 0 Å². The lowest BCUT2D eigenvalue weighted by Crippen LogP contribution is -2.43. The Balaban J connectivity index is 1.68. The minimum Gasteiger partial charge on any atom is -0.494 e. The van der Waals surface area contributed by atoms with Gasteiger partial charge in [0, 0.05) is 19.1 Å². The van der Waals surface area contributed by atoms with E-state index in [1.165, 1.54) is 30.5 Å². The second kappa shape index (κ2) is 6.92. The summed E-state index contributed by atoms with van der Waals surface area (Å²) in [7, 11) is 0. The fraction of sp³-hybridized carbons (Fsp3) is 0.625. The molecule has 0 bridgehead atoms. The molecule has 0 saturated carbocycles. The first kappa shape index (κ1) is 14.4. The number of piperidine rings is 1. The smallest absolute Gasteiger partial charge is 0.119 e. The first-order chi connectivity index (χ1) is 9.13. The van der Waals surface area contributed by atoms with E-state index in [1.54, 1.807) is 0 Å². The molecule has 0 amide bonds. The van der Waals surface area contributed by atoms with E-state index in [4.69, 9.17) is 10.5 Å². The average Bonchev–Trinajstić information content (AvgIpc) is 2.34. The van der Waals surface area contributed by atoms with Crippen LogP contribution in [0.4, 0.5) is 0 Å². The number of nitrogens with zero attached hydrogens (tertiary/aromatic N) is 1. The second-order valence-electron chi connectivity index (χ2n) is 5.73. The highest BCUT2D eigenvalue weighted by Crippen LogP contribution is 2.16. The van der Waals surface area contributed by atoms with Crippen LogP contribution in [0.2, 0.25) is 0 Å². The third kappa shape index (κ3) is 4.84. The molecule has 106 valence electrons. The minimum atomic E-state index is 0.370. The zero-order valence-corrected chi connectivity index (χ0v) is 12.2. The molecule has 0 spiro atoms. The van der Waals surface area contributed by atoms with Gasteiger partial charge in [-0.3, -0.25) is 0 Å². The molecular formula is C16H26N2O. The molecule has 1 saturated heterocycles. The highest BCUT2D eigenvalue weighted by atomic mass is 16.5. The zero-order valence-electron chi connectivity index (χ0n) is 12.2. The van der Waals surface area contributed by atoms with Crippen molar-refractivity contribution in [1.82, 2.24) is 4.90 Å². The molecule has 0 aromatic heterocycles. The van der Waals surface area contributed by atoms with Crippen LogP contribution < -0.4 is 10.5 Å². The standard InChI is InChI=1S/C16H26N2O/c1-13-9-14(2)11-16(10-13)19-8-4-7-18-6-3-5-15(17)12-18/h9-11,15H,3-8,12,17H2,1-2H3/t15-/m1/s1. The van der Waals surface area contributed by atoms with E-state index in [0.29, 0.717) is 6.04 Å². The highest BCUT2D eigenvalue weighted by molar-refractivity contribution is 5.32. The van der Waals surface area contributed by atoms with Crippen LogP contribution in [0.1, 0.15) is 30.4 Å². The van der Waals surface area contributed by atoms with E-state index in [9.17, 15) is 0 Å². The molecule has 0 radical (unpaired) electrons. The Labute approximate surface area is 116 Å². The summed E-state index contributed by atoms with van der Waals surface area (Å²) in [6, 6.07) is 6.74. The Morgan fingerprint density at radius 3 is 2.68 bits per heavy atom. The van der Waals surface area contributed by atoms with Gasteiger partial charge in [-0.05, 0) is 62.9 Å². The molecule has 1 aliphatic rings. The molecule has 3 nitrogen and oxygen atoms in total. The quantitative estimate of drug-likeness (QED) is 0.829. The molecule has 0 aliphatic carbocycles. The summed E-state index contributed by atoms with van der Waals surface area (Å²) in [6.45, 7) is 8.33. The molecular weight excluding hydrogens is 236 g/mol. The van der Waals surface area contributed by atoms with Crippen LogP contribution in [0.25, 0.3) is 0 Å². The van der Waals surface area contributed by atoms with Crippen molar-refractivity contribution in [2.24, 2.45) is 5.73 Å². The summed E-state index contributed by atoms with van der Waals surface area (Å²) < 4.78 is 5.83. The second-order valence-corrected chi connectivity index (χ2v) is 5.73. The Kier molecular flexibility index (Phi) is 5.23. The average molecular weight is 262 g/mol. The Morgan fingerprint density at radius 1 is 1.26 bits per heavy atom. The van der Waals surface area contributed by atoms with E-state index < -0.39 is 0 Å². The van der Waals surface area contributed by atoms with Crippen LogP contribution in [0.5, 0.6) is 5.75 Å². The number of nitrogens with two attached hydrogens (primary N) is 1. The largest absolute Gasteiger partial charge is 0.494 e. The van der Waals surface area contributed by atoms with Crippen molar-refractivity contribution in [1.29, 1.82) is 0 Å². The van der Waals surface area contributed by atoms with Crippen LogP contribution in [-0.2, 0) is 0 Å². The molecule has 1 fully saturated rings. The third-order valence-corrected chi connectivity index (χ3v) is 3.62. The van der Waals surface area contributed by atoms with Gasteiger partial charge in [-0.1, -0.05) is 6.07 Å². The highest BCUT2D eigenvalue weighted by Gasteiger charge is 2.15. The molecule has 1 aliphatic heterocycles. The number of hydrogen-bond acceptors (Lipinski definition) is 3. The van der Waals surface area contributed by atoms with Gasteiger partial charge in [0.1, 0.15) is 5.75 Å². The van der Waals surface area contributed by atoms with Gasteiger partial charge in [0.15, 0.2) is 0 Å². The van der Waals surface area contributed by atoms with Crippen molar-refractivity contribution in [3.05, 3.63) is 29.3 Å². The van der Waals surface area contributed by atoms with Crippen LogP contribution >= 0.6 is 0 Å². The maximum absolute atomic E-state index is 5.98.